The van der Waals surface area contributed by atoms with Crippen LogP contribution in [0.2, 0.25) is 0 Å². The molecular weight excluding hydrogens is 159 g/mol. The second-order valence-corrected chi connectivity index (χ2v) is 1.79. The smallest absolute Gasteiger partial charge is 0.221 e. The summed E-state index contributed by atoms with van der Waals surface area (Å²) in [5, 5.41) is 0. The molecule has 1 rings (SSSR count). The van der Waals surface area contributed by atoms with Gasteiger partial charge in [0.15, 0.2) is 0 Å². The minimum absolute atomic E-state index is 0.312. The molecule has 0 aliphatic rings. The minimum atomic E-state index is -4.27. The van der Waals surface area contributed by atoms with E-state index in [9.17, 15) is 13.2 Å². The molecule has 0 bridgehead atoms. The lowest BCUT2D eigenvalue weighted by Crippen LogP contribution is -2.14. The van der Waals surface area contributed by atoms with E-state index in [2.05, 4.69) is 15.0 Å². The van der Waals surface area contributed by atoms with Crippen LogP contribution in [0.4, 0.5) is 13.2 Å². The molecule has 3 nitrogen and oxygen atoms in total. The number of aromatic nitrogens is 3. The zero-order valence-electron chi connectivity index (χ0n) is 5.26. The van der Waals surface area contributed by atoms with Gasteiger partial charge in [-0.2, -0.15) is 13.2 Å². The van der Waals surface area contributed by atoms with E-state index < -0.39 is 12.6 Å². The molecule has 0 fully saturated rings. The second-order valence-electron chi connectivity index (χ2n) is 1.79. The molecule has 1 aromatic heterocycles. The molecule has 0 unspecified atom stereocenters. The Hall–Kier alpha value is -1.20. The Kier molecular flexibility index (Phi) is 2.02. The van der Waals surface area contributed by atoms with Gasteiger partial charge in [0.2, 0.25) is 6.33 Å². The Balaban J connectivity index is 2.66. The van der Waals surface area contributed by atoms with Crippen molar-refractivity contribution in [1.82, 2.24) is 15.0 Å². The van der Waals surface area contributed by atoms with Gasteiger partial charge in [0.05, 0.1) is 0 Å². The highest BCUT2D eigenvalue weighted by Gasteiger charge is 2.29. The Bertz CT molecular complexity index is 220. The third-order valence-corrected chi connectivity index (χ3v) is 0.860. The van der Waals surface area contributed by atoms with Crippen molar-refractivity contribution >= 4 is 0 Å². The van der Waals surface area contributed by atoms with Gasteiger partial charge in [0.25, 0.3) is 0 Å². The summed E-state index contributed by atoms with van der Waals surface area (Å²) in [5.74, 6) is -0.312. The number of nitrogens with zero attached hydrogens (tertiary/aromatic N) is 3. The molecule has 0 N–H and O–H groups in total. The molecule has 1 heterocycles. The van der Waals surface area contributed by atoms with Crippen LogP contribution >= 0.6 is 0 Å². The quantitative estimate of drug-likeness (QED) is 0.612. The molecule has 0 saturated heterocycles. The van der Waals surface area contributed by atoms with E-state index in [1.165, 1.54) is 0 Å². The number of rotatable bonds is 1. The van der Waals surface area contributed by atoms with Crippen LogP contribution in [-0.4, -0.2) is 21.1 Å². The average molecular weight is 162 g/mol. The molecular formula is C5H3F3N3. The summed E-state index contributed by atoms with van der Waals surface area (Å²) in [7, 11) is 0. The van der Waals surface area contributed by atoms with E-state index in [1.54, 1.807) is 0 Å². The van der Waals surface area contributed by atoms with E-state index in [4.69, 9.17) is 0 Å². The van der Waals surface area contributed by atoms with E-state index in [0.29, 0.717) is 0 Å². The van der Waals surface area contributed by atoms with Crippen LogP contribution in [0.5, 0.6) is 0 Å². The van der Waals surface area contributed by atoms with Crippen LogP contribution in [0.1, 0.15) is 5.82 Å². The molecule has 59 valence electrons. The van der Waals surface area contributed by atoms with Gasteiger partial charge < -0.3 is 0 Å². The van der Waals surface area contributed by atoms with Gasteiger partial charge >= 0.3 is 6.18 Å². The first kappa shape index (κ1) is 7.90. The van der Waals surface area contributed by atoms with E-state index in [0.717, 1.165) is 6.33 Å². The molecule has 6 heteroatoms. The van der Waals surface area contributed by atoms with Gasteiger partial charge in [-0.3, -0.25) is 0 Å². The number of hydrogen-bond acceptors (Lipinski definition) is 3. The summed E-state index contributed by atoms with van der Waals surface area (Å²) >= 11 is 0. The Morgan fingerprint density at radius 1 is 1.45 bits per heavy atom. The maximum absolute atomic E-state index is 11.6. The van der Waals surface area contributed by atoms with E-state index in [1.807, 2.05) is 6.33 Å². The third kappa shape index (κ3) is 2.92. The number of halogens is 3. The summed E-state index contributed by atoms with van der Waals surface area (Å²) in [6.45, 7) is 0. The van der Waals surface area contributed by atoms with Crippen LogP contribution < -0.4 is 0 Å². The monoisotopic (exact) mass is 162 g/mol. The molecule has 0 spiro atoms. The topological polar surface area (TPSA) is 38.7 Å². The molecule has 1 radical (unpaired) electrons. The lowest BCUT2D eigenvalue weighted by Gasteiger charge is -2.02. The summed E-state index contributed by atoms with van der Waals surface area (Å²) in [6.07, 6.45) is -2.40. The predicted molar refractivity (Wildman–Crippen MR) is 28.4 cm³/mol. The molecule has 11 heavy (non-hydrogen) atoms. The largest absolute Gasteiger partial charge is 0.396 e. The fourth-order valence-electron chi connectivity index (χ4n) is 0.501. The first-order chi connectivity index (χ1) is 5.08. The van der Waals surface area contributed by atoms with Crippen molar-refractivity contribution in [2.75, 3.05) is 0 Å². The maximum atomic E-state index is 11.6. The Labute approximate surface area is 60.3 Å². The fourth-order valence-corrected chi connectivity index (χ4v) is 0.501. The normalized spacial score (nSPS) is 11.5. The summed E-state index contributed by atoms with van der Waals surface area (Å²) in [6, 6.07) is 0. The minimum Gasteiger partial charge on any atom is -0.221 e. The SMILES string of the molecule is FC(F)(F)Cc1n[c]ncn1. The van der Waals surface area contributed by atoms with Crippen LogP contribution in [0.3, 0.4) is 0 Å². The van der Waals surface area contributed by atoms with Gasteiger partial charge in [-0.05, 0) is 0 Å². The lowest BCUT2D eigenvalue weighted by atomic mass is 10.4. The van der Waals surface area contributed by atoms with Crippen molar-refractivity contribution < 1.29 is 13.2 Å². The average Bonchev–Trinajstić information content (AvgIpc) is 1.85. The predicted octanol–water partition coefficient (Wildman–Crippen LogP) is 0.777. The fraction of sp³-hybridized carbons (Fsp3) is 0.400. The Morgan fingerprint density at radius 3 is 2.64 bits per heavy atom. The van der Waals surface area contributed by atoms with Crippen molar-refractivity contribution in [2.24, 2.45) is 0 Å². The summed E-state index contributed by atoms with van der Waals surface area (Å²) in [5.41, 5.74) is 0. The first-order valence-corrected chi connectivity index (χ1v) is 2.68. The highest BCUT2D eigenvalue weighted by Crippen LogP contribution is 2.18. The van der Waals surface area contributed by atoms with Crippen LogP contribution in [0.15, 0.2) is 6.33 Å². The van der Waals surface area contributed by atoms with Crippen molar-refractivity contribution in [3.63, 3.8) is 0 Å². The molecule has 0 aliphatic carbocycles. The summed E-state index contributed by atoms with van der Waals surface area (Å²) in [4.78, 5) is 9.75. The molecule has 0 saturated carbocycles. The third-order valence-electron chi connectivity index (χ3n) is 0.860. The highest BCUT2D eigenvalue weighted by atomic mass is 19.4. The lowest BCUT2D eigenvalue weighted by molar-refractivity contribution is -0.128. The van der Waals surface area contributed by atoms with Gasteiger partial charge in [0.1, 0.15) is 18.6 Å². The molecule has 0 aliphatic heterocycles. The van der Waals surface area contributed by atoms with E-state index >= 15 is 0 Å². The number of alkyl halides is 3. The maximum Gasteiger partial charge on any atom is 0.396 e. The van der Waals surface area contributed by atoms with Crippen LogP contribution in [-0.2, 0) is 6.42 Å². The molecule has 0 amide bonds. The van der Waals surface area contributed by atoms with Crippen LogP contribution in [0.25, 0.3) is 0 Å². The van der Waals surface area contributed by atoms with Gasteiger partial charge in [0, 0.05) is 0 Å². The van der Waals surface area contributed by atoms with Crippen molar-refractivity contribution in [1.29, 1.82) is 0 Å². The van der Waals surface area contributed by atoms with Gasteiger partial charge in [-0.15, -0.1) is 0 Å². The molecule has 0 aromatic carbocycles. The zero-order chi connectivity index (χ0) is 8.32. The standard InChI is InChI=1S/C5H3F3N3/c6-5(7,8)1-4-10-2-9-3-11-4/h2H,1H2. The second kappa shape index (κ2) is 2.81. The zero-order valence-corrected chi connectivity index (χ0v) is 5.26. The Morgan fingerprint density at radius 2 is 2.18 bits per heavy atom. The molecule has 1 aromatic rings. The van der Waals surface area contributed by atoms with Gasteiger partial charge in [-0.25, -0.2) is 15.0 Å². The molecule has 0 atom stereocenters. The van der Waals surface area contributed by atoms with Crippen molar-refractivity contribution in [2.45, 2.75) is 12.6 Å². The van der Waals surface area contributed by atoms with E-state index in [-0.39, 0.29) is 5.82 Å². The van der Waals surface area contributed by atoms with Crippen LogP contribution in [0, 0.1) is 6.33 Å². The first-order valence-electron chi connectivity index (χ1n) is 2.68. The highest BCUT2D eigenvalue weighted by molar-refractivity contribution is 4.83. The van der Waals surface area contributed by atoms with Crippen molar-refractivity contribution in [3.05, 3.63) is 18.5 Å². The van der Waals surface area contributed by atoms with Gasteiger partial charge in [-0.1, -0.05) is 0 Å². The number of hydrogen-bond donors (Lipinski definition) is 0. The van der Waals surface area contributed by atoms with Crippen molar-refractivity contribution in [3.8, 4) is 0 Å². The summed E-state index contributed by atoms with van der Waals surface area (Å²) < 4.78 is 34.9.